The van der Waals surface area contributed by atoms with Gasteiger partial charge in [0.1, 0.15) is 10.6 Å². The summed E-state index contributed by atoms with van der Waals surface area (Å²) in [6.07, 6.45) is -0.421. The maximum absolute atomic E-state index is 12.4. The smallest absolute Gasteiger partial charge is 0.244 e. The number of hydrogen-bond donors (Lipinski definition) is 2. The second kappa shape index (κ2) is 7.59. The minimum absolute atomic E-state index is 0.106. The van der Waals surface area contributed by atoms with E-state index in [0.717, 1.165) is 11.1 Å². The van der Waals surface area contributed by atoms with Gasteiger partial charge in [0.15, 0.2) is 0 Å². The molecule has 0 aliphatic rings. The summed E-state index contributed by atoms with van der Waals surface area (Å²) in [4.78, 5) is 0.106. The van der Waals surface area contributed by atoms with Gasteiger partial charge >= 0.3 is 0 Å². The van der Waals surface area contributed by atoms with E-state index in [-0.39, 0.29) is 17.9 Å². The van der Waals surface area contributed by atoms with Crippen LogP contribution in [0.15, 0.2) is 53.4 Å². The van der Waals surface area contributed by atoms with Crippen LogP contribution < -0.4 is 9.46 Å². The number of ether oxygens (including phenoxy) is 1. The summed E-state index contributed by atoms with van der Waals surface area (Å²) in [6, 6.07) is 14.1. The first-order chi connectivity index (χ1) is 10.9. The summed E-state index contributed by atoms with van der Waals surface area (Å²) >= 11 is 0. The van der Waals surface area contributed by atoms with Crippen LogP contribution in [0, 0.1) is 6.92 Å². The number of benzene rings is 2. The lowest BCUT2D eigenvalue weighted by atomic mass is 10.1. The molecule has 5 nitrogen and oxygen atoms in total. The van der Waals surface area contributed by atoms with E-state index in [9.17, 15) is 13.5 Å². The third-order valence-electron chi connectivity index (χ3n) is 3.50. The van der Waals surface area contributed by atoms with E-state index in [1.807, 2.05) is 37.3 Å². The Hall–Kier alpha value is -1.89. The lowest BCUT2D eigenvalue weighted by Gasteiger charge is -2.14. The fourth-order valence-electron chi connectivity index (χ4n) is 2.24. The average Bonchev–Trinajstić information content (AvgIpc) is 2.55. The molecule has 6 heteroatoms. The summed E-state index contributed by atoms with van der Waals surface area (Å²) in [7, 11) is -2.26. The van der Waals surface area contributed by atoms with E-state index >= 15 is 0 Å². The molecular weight excluding hydrogens is 314 g/mol. The largest absolute Gasteiger partial charge is 0.495 e. The molecular formula is C17H21NO4S. The number of sulfonamides is 1. The number of aryl methyl sites for hydroxylation is 1. The molecule has 124 valence electrons. The van der Waals surface area contributed by atoms with Crippen LogP contribution >= 0.6 is 0 Å². The maximum Gasteiger partial charge on any atom is 0.244 e. The van der Waals surface area contributed by atoms with Crippen LogP contribution in [-0.4, -0.2) is 27.2 Å². The fraction of sp³-hybridized carbons (Fsp3) is 0.294. The zero-order valence-electron chi connectivity index (χ0n) is 13.2. The number of nitrogens with one attached hydrogen (secondary N) is 1. The molecule has 0 aromatic heterocycles. The highest BCUT2D eigenvalue weighted by molar-refractivity contribution is 7.89. The van der Waals surface area contributed by atoms with Gasteiger partial charge in [-0.3, -0.25) is 0 Å². The van der Waals surface area contributed by atoms with E-state index in [1.54, 1.807) is 18.2 Å². The molecule has 0 saturated heterocycles. The molecule has 0 fully saturated rings. The average molecular weight is 335 g/mol. The van der Waals surface area contributed by atoms with Crippen LogP contribution in [0.2, 0.25) is 0 Å². The Kier molecular flexibility index (Phi) is 5.76. The minimum atomic E-state index is -3.69. The molecule has 2 N–H and O–H groups in total. The SMILES string of the molecule is COc1ccc(C)cc1S(=O)(=O)NCC[C@H](O)c1ccccc1. The van der Waals surface area contributed by atoms with Crippen molar-refractivity contribution in [3.8, 4) is 5.75 Å². The summed E-state index contributed by atoms with van der Waals surface area (Å²) in [5.74, 6) is 0.298. The Morgan fingerprint density at radius 1 is 1.17 bits per heavy atom. The summed E-state index contributed by atoms with van der Waals surface area (Å²) in [5, 5.41) is 10.1. The van der Waals surface area contributed by atoms with Gasteiger partial charge in [-0.15, -0.1) is 0 Å². The monoisotopic (exact) mass is 335 g/mol. The van der Waals surface area contributed by atoms with Crippen LogP contribution in [0.4, 0.5) is 0 Å². The van der Waals surface area contributed by atoms with Crippen LogP contribution in [0.5, 0.6) is 5.75 Å². The predicted molar refractivity (Wildman–Crippen MR) is 88.9 cm³/mol. The van der Waals surface area contributed by atoms with Crippen LogP contribution in [-0.2, 0) is 10.0 Å². The number of aliphatic hydroxyl groups is 1. The topological polar surface area (TPSA) is 75.6 Å². The molecule has 0 heterocycles. The van der Waals surface area contributed by atoms with Gasteiger partial charge in [0.05, 0.1) is 13.2 Å². The first-order valence-corrected chi connectivity index (χ1v) is 8.79. The second-order valence-corrected chi connectivity index (χ2v) is 7.00. The van der Waals surface area contributed by atoms with E-state index in [2.05, 4.69) is 4.72 Å². The van der Waals surface area contributed by atoms with Gasteiger partial charge in [-0.25, -0.2) is 13.1 Å². The van der Waals surface area contributed by atoms with E-state index in [0.29, 0.717) is 5.75 Å². The van der Waals surface area contributed by atoms with Crippen LogP contribution in [0.25, 0.3) is 0 Å². The summed E-state index contributed by atoms with van der Waals surface area (Å²) < 4.78 is 32.4. The zero-order valence-corrected chi connectivity index (χ0v) is 14.0. The van der Waals surface area contributed by atoms with E-state index < -0.39 is 16.1 Å². The number of methoxy groups -OCH3 is 1. The maximum atomic E-state index is 12.4. The first-order valence-electron chi connectivity index (χ1n) is 7.31. The van der Waals surface area contributed by atoms with E-state index in [1.165, 1.54) is 7.11 Å². The molecule has 0 unspecified atom stereocenters. The van der Waals surface area contributed by atoms with Crippen molar-refractivity contribution >= 4 is 10.0 Å². The van der Waals surface area contributed by atoms with Gasteiger partial charge in [0, 0.05) is 6.54 Å². The first kappa shape index (κ1) is 17.5. The Morgan fingerprint density at radius 2 is 1.87 bits per heavy atom. The molecule has 0 aliphatic carbocycles. The quantitative estimate of drug-likeness (QED) is 0.815. The predicted octanol–water partition coefficient (Wildman–Crippen LogP) is 2.41. The van der Waals surface area contributed by atoms with Crippen molar-refractivity contribution in [3.05, 3.63) is 59.7 Å². The number of hydrogen-bond acceptors (Lipinski definition) is 4. The third kappa shape index (κ3) is 4.54. The number of aliphatic hydroxyl groups excluding tert-OH is 1. The van der Waals surface area contributed by atoms with Crippen molar-refractivity contribution in [1.29, 1.82) is 0 Å². The molecule has 2 aromatic rings. The Bertz CT molecular complexity index is 744. The molecule has 0 aliphatic heterocycles. The van der Waals surface area contributed by atoms with Gasteiger partial charge in [0.25, 0.3) is 0 Å². The molecule has 0 amide bonds. The minimum Gasteiger partial charge on any atom is -0.495 e. The van der Waals surface area contributed by atoms with Crippen LogP contribution in [0.1, 0.15) is 23.7 Å². The summed E-state index contributed by atoms with van der Waals surface area (Å²) in [6.45, 7) is 1.95. The van der Waals surface area contributed by atoms with E-state index in [4.69, 9.17) is 4.74 Å². The van der Waals surface area contributed by atoms with Gasteiger partial charge in [-0.05, 0) is 36.6 Å². The molecule has 2 rings (SSSR count). The molecule has 0 radical (unpaired) electrons. The Labute approximate surface area is 137 Å². The normalized spacial score (nSPS) is 12.8. The summed E-state index contributed by atoms with van der Waals surface area (Å²) in [5.41, 5.74) is 1.59. The fourth-order valence-corrected chi connectivity index (χ4v) is 3.54. The Balaban J connectivity index is 2.04. The highest BCUT2D eigenvalue weighted by Gasteiger charge is 2.19. The van der Waals surface area contributed by atoms with Gasteiger partial charge in [-0.2, -0.15) is 0 Å². The highest BCUT2D eigenvalue weighted by atomic mass is 32.2. The highest BCUT2D eigenvalue weighted by Crippen LogP contribution is 2.24. The molecule has 23 heavy (non-hydrogen) atoms. The molecule has 1 atom stereocenters. The lowest BCUT2D eigenvalue weighted by molar-refractivity contribution is 0.169. The van der Waals surface area contributed by atoms with Crippen molar-refractivity contribution < 1.29 is 18.3 Å². The van der Waals surface area contributed by atoms with Crippen molar-refractivity contribution in [2.75, 3.05) is 13.7 Å². The second-order valence-electron chi connectivity index (χ2n) is 5.27. The third-order valence-corrected chi connectivity index (χ3v) is 4.99. The van der Waals surface area contributed by atoms with Gasteiger partial charge in [-0.1, -0.05) is 36.4 Å². The lowest BCUT2D eigenvalue weighted by Crippen LogP contribution is -2.26. The Morgan fingerprint density at radius 3 is 2.52 bits per heavy atom. The zero-order chi connectivity index (χ0) is 16.9. The van der Waals surface area contributed by atoms with Crippen LogP contribution in [0.3, 0.4) is 0 Å². The van der Waals surface area contributed by atoms with Crippen molar-refractivity contribution in [1.82, 2.24) is 4.72 Å². The van der Waals surface area contributed by atoms with Crippen molar-refractivity contribution in [3.63, 3.8) is 0 Å². The number of rotatable bonds is 7. The molecule has 0 saturated carbocycles. The molecule has 0 bridgehead atoms. The standard InChI is InChI=1S/C17H21NO4S/c1-13-8-9-16(22-2)17(12-13)23(20,21)18-11-10-15(19)14-6-4-3-5-7-14/h3-9,12,15,18-19H,10-11H2,1-2H3/t15-/m0/s1. The van der Waals surface area contributed by atoms with Gasteiger partial charge in [0.2, 0.25) is 10.0 Å². The van der Waals surface area contributed by atoms with Crippen molar-refractivity contribution in [2.24, 2.45) is 0 Å². The van der Waals surface area contributed by atoms with Crippen molar-refractivity contribution in [2.45, 2.75) is 24.3 Å². The molecule has 0 spiro atoms. The van der Waals surface area contributed by atoms with Gasteiger partial charge < -0.3 is 9.84 Å². The molecule has 2 aromatic carbocycles.